The summed E-state index contributed by atoms with van der Waals surface area (Å²) in [5.41, 5.74) is 1.97. The summed E-state index contributed by atoms with van der Waals surface area (Å²) in [5.74, 6) is 1.16. The molecule has 7 nitrogen and oxygen atoms in total. The molecule has 23 heavy (non-hydrogen) atoms. The van der Waals surface area contributed by atoms with Crippen molar-refractivity contribution in [3.63, 3.8) is 0 Å². The Labute approximate surface area is 133 Å². The number of hydrogen-bond acceptors (Lipinski definition) is 6. The molecule has 116 valence electrons. The van der Waals surface area contributed by atoms with Crippen molar-refractivity contribution < 1.29 is 4.79 Å². The van der Waals surface area contributed by atoms with Gasteiger partial charge in [0, 0.05) is 38.2 Å². The van der Waals surface area contributed by atoms with Gasteiger partial charge in [0.25, 0.3) is 5.91 Å². The number of aromatic nitrogens is 4. The molecule has 1 amide bonds. The lowest BCUT2D eigenvalue weighted by atomic mass is 10.2. The molecule has 0 spiro atoms. The summed E-state index contributed by atoms with van der Waals surface area (Å²) < 4.78 is 0. The lowest BCUT2D eigenvalue weighted by molar-refractivity contribution is 0.0950. The van der Waals surface area contributed by atoms with Gasteiger partial charge in [0.1, 0.15) is 11.6 Å². The monoisotopic (exact) mass is 308 g/mol. The van der Waals surface area contributed by atoms with Crippen LogP contribution in [0.2, 0.25) is 0 Å². The first kappa shape index (κ1) is 14.8. The minimum Gasteiger partial charge on any atom is -0.363 e. The molecule has 0 aliphatic rings. The molecule has 1 aromatic carbocycles. The first-order chi connectivity index (χ1) is 11.1. The quantitative estimate of drug-likeness (QED) is 0.784. The van der Waals surface area contributed by atoms with Crippen molar-refractivity contribution in [2.45, 2.75) is 6.54 Å². The Balaban J connectivity index is 1.72. The maximum Gasteiger partial charge on any atom is 0.251 e. The maximum atomic E-state index is 12.3. The molecule has 0 unspecified atom stereocenters. The number of anilines is 1. The lowest BCUT2D eigenvalue weighted by Crippen LogP contribution is -2.24. The SMILES string of the molecule is CN(C)c1ccnc(CNC(=O)c2ccc3nccnc3c2)n1. The highest BCUT2D eigenvalue weighted by molar-refractivity contribution is 5.97. The molecule has 0 atom stereocenters. The van der Waals surface area contributed by atoms with Crippen LogP contribution >= 0.6 is 0 Å². The molecule has 3 rings (SSSR count). The highest BCUT2D eigenvalue weighted by atomic mass is 16.1. The van der Waals surface area contributed by atoms with E-state index in [4.69, 9.17) is 0 Å². The van der Waals surface area contributed by atoms with Gasteiger partial charge in [-0.1, -0.05) is 0 Å². The van der Waals surface area contributed by atoms with E-state index in [1.54, 1.807) is 36.8 Å². The fraction of sp³-hybridized carbons (Fsp3) is 0.188. The van der Waals surface area contributed by atoms with E-state index in [-0.39, 0.29) is 12.5 Å². The average molecular weight is 308 g/mol. The van der Waals surface area contributed by atoms with Crippen molar-refractivity contribution in [3.8, 4) is 0 Å². The number of rotatable bonds is 4. The van der Waals surface area contributed by atoms with Crippen molar-refractivity contribution in [1.82, 2.24) is 25.3 Å². The zero-order chi connectivity index (χ0) is 16.2. The molecule has 0 bridgehead atoms. The number of benzene rings is 1. The molecule has 7 heteroatoms. The minimum atomic E-state index is -0.198. The maximum absolute atomic E-state index is 12.3. The topological polar surface area (TPSA) is 83.9 Å². The molecule has 2 aromatic heterocycles. The Morgan fingerprint density at radius 1 is 1.04 bits per heavy atom. The Hall–Kier alpha value is -3.09. The van der Waals surface area contributed by atoms with Crippen molar-refractivity contribution in [2.24, 2.45) is 0 Å². The molecule has 3 aromatic rings. The third kappa shape index (κ3) is 3.39. The van der Waals surface area contributed by atoms with Crippen LogP contribution in [-0.2, 0) is 6.54 Å². The standard InChI is InChI=1S/C16H16N6O/c1-22(2)15-5-6-19-14(21-15)10-20-16(23)11-3-4-12-13(9-11)18-8-7-17-12/h3-9H,10H2,1-2H3,(H,20,23). The van der Waals surface area contributed by atoms with Gasteiger partial charge in [-0.15, -0.1) is 0 Å². The van der Waals surface area contributed by atoms with E-state index in [0.717, 1.165) is 11.3 Å². The van der Waals surface area contributed by atoms with E-state index >= 15 is 0 Å². The first-order valence-corrected chi connectivity index (χ1v) is 7.12. The largest absolute Gasteiger partial charge is 0.363 e. The normalized spacial score (nSPS) is 10.5. The van der Waals surface area contributed by atoms with Crippen LogP contribution in [0.1, 0.15) is 16.2 Å². The van der Waals surface area contributed by atoms with Gasteiger partial charge in [0.15, 0.2) is 0 Å². The minimum absolute atomic E-state index is 0.198. The van der Waals surface area contributed by atoms with Crippen LogP contribution in [0.5, 0.6) is 0 Å². The Bertz CT molecular complexity index is 849. The smallest absolute Gasteiger partial charge is 0.251 e. The summed E-state index contributed by atoms with van der Waals surface area (Å²) >= 11 is 0. The zero-order valence-electron chi connectivity index (χ0n) is 12.9. The van der Waals surface area contributed by atoms with Gasteiger partial charge in [-0.25, -0.2) is 9.97 Å². The van der Waals surface area contributed by atoms with Crippen LogP contribution in [0.3, 0.4) is 0 Å². The lowest BCUT2D eigenvalue weighted by Gasteiger charge is -2.12. The van der Waals surface area contributed by atoms with Crippen LogP contribution in [0, 0.1) is 0 Å². The van der Waals surface area contributed by atoms with Crippen molar-refractivity contribution in [3.05, 3.63) is 54.2 Å². The number of nitrogens with one attached hydrogen (secondary N) is 1. The highest BCUT2D eigenvalue weighted by Crippen LogP contribution is 2.11. The second kappa shape index (κ2) is 6.35. The fourth-order valence-electron chi connectivity index (χ4n) is 2.09. The second-order valence-corrected chi connectivity index (χ2v) is 5.17. The highest BCUT2D eigenvalue weighted by Gasteiger charge is 2.08. The van der Waals surface area contributed by atoms with Gasteiger partial charge in [-0.2, -0.15) is 0 Å². The Morgan fingerprint density at radius 2 is 1.83 bits per heavy atom. The molecule has 0 saturated carbocycles. The van der Waals surface area contributed by atoms with Gasteiger partial charge in [-0.3, -0.25) is 14.8 Å². The molecule has 0 aliphatic heterocycles. The summed E-state index contributed by atoms with van der Waals surface area (Å²) in [4.78, 5) is 31.1. The van der Waals surface area contributed by atoms with Gasteiger partial charge in [-0.05, 0) is 24.3 Å². The summed E-state index contributed by atoms with van der Waals surface area (Å²) in [6.45, 7) is 0.263. The van der Waals surface area contributed by atoms with Gasteiger partial charge < -0.3 is 10.2 Å². The van der Waals surface area contributed by atoms with Crippen LogP contribution in [0.25, 0.3) is 11.0 Å². The summed E-state index contributed by atoms with van der Waals surface area (Å²) in [6.07, 6.45) is 4.90. The number of fused-ring (bicyclic) bond motifs is 1. The Morgan fingerprint density at radius 3 is 2.61 bits per heavy atom. The molecule has 1 N–H and O–H groups in total. The number of hydrogen-bond donors (Lipinski definition) is 1. The summed E-state index contributed by atoms with van der Waals surface area (Å²) in [7, 11) is 3.81. The van der Waals surface area contributed by atoms with Gasteiger partial charge in [0.2, 0.25) is 0 Å². The first-order valence-electron chi connectivity index (χ1n) is 7.12. The van der Waals surface area contributed by atoms with E-state index in [0.29, 0.717) is 16.9 Å². The Kier molecular flexibility index (Phi) is 4.09. The van der Waals surface area contributed by atoms with E-state index < -0.39 is 0 Å². The third-order valence-corrected chi connectivity index (χ3v) is 3.29. The van der Waals surface area contributed by atoms with E-state index in [1.807, 2.05) is 25.1 Å². The average Bonchev–Trinajstić information content (AvgIpc) is 2.59. The fourth-order valence-corrected chi connectivity index (χ4v) is 2.09. The number of amides is 1. The van der Waals surface area contributed by atoms with E-state index in [9.17, 15) is 4.79 Å². The van der Waals surface area contributed by atoms with Crippen LogP contribution in [-0.4, -0.2) is 39.9 Å². The predicted octanol–water partition coefficient (Wildman–Crippen LogP) is 1.42. The van der Waals surface area contributed by atoms with Crippen LogP contribution < -0.4 is 10.2 Å². The van der Waals surface area contributed by atoms with E-state index in [2.05, 4.69) is 25.3 Å². The molecule has 0 fully saturated rings. The molecular weight excluding hydrogens is 292 g/mol. The van der Waals surface area contributed by atoms with Crippen LogP contribution in [0.15, 0.2) is 42.9 Å². The summed E-state index contributed by atoms with van der Waals surface area (Å²) in [5, 5.41) is 2.82. The number of carbonyl (C=O) groups excluding carboxylic acids is 1. The van der Waals surface area contributed by atoms with Gasteiger partial charge in [0.05, 0.1) is 17.6 Å². The van der Waals surface area contributed by atoms with Gasteiger partial charge >= 0.3 is 0 Å². The second-order valence-electron chi connectivity index (χ2n) is 5.17. The van der Waals surface area contributed by atoms with Crippen LogP contribution in [0.4, 0.5) is 5.82 Å². The van der Waals surface area contributed by atoms with Crippen molar-refractivity contribution >= 4 is 22.8 Å². The number of carbonyl (C=O) groups is 1. The molecule has 0 saturated heterocycles. The summed E-state index contributed by atoms with van der Waals surface area (Å²) in [6, 6.07) is 7.03. The zero-order valence-corrected chi connectivity index (χ0v) is 12.9. The third-order valence-electron chi connectivity index (χ3n) is 3.29. The predicted molar refractivity (Wildman–Crippen MR) is 87.1 cm³/mol. The molecule has 0 aliphatic carbocycles. The number of nitrogens with zero attached hydrogens (tertiary/aromatic N) is 5. The molecule has 0 radical (unpaired) electrons. The van der Waals surface area contributed by atoms with Crippen molar-refractivity contribution in [2.75, 3.05) is 19.0 Å². The van der Waals surface area contributed by atoms with Crippen molar-refractivity contribution in [1.29, 1.82) is 0 Å². The molecule has 2 heterocycles. The molecular formula is C16H16N6O. The van der Waals surface area contributed by atoms with E-state index in [1.165, 1.54) is 0 Å².